The SMILES string of the molecule is CC(=O)Nc1cccc(C(=O)N(CCc2ccccc2)CC(=O)N2CCNCC2)c1.O=C(O)C(F)(F)F. The van der Waals surface area contributed by atoms with E-state index in [1.54, 1.807) is 34.1 Å². The van der Waals surface area contributed by atoms with Crippen LogP contribution in [-0.4, -0.2) is 84.0 Å². The molecule has 2 aromatic carbocycles. The number of alkyl halides is 3. The van der Waals surface area contributed by atoms with Gasteiger partial charge in [-0.15, -0.1) is 0 Å². The first-order chi connectivity index (χ1) is 17.5. The normalized spacial score (nSPS) is 13.1. The van der Waals surface area contributed by atoms with Gasteiger partial charge in [-0.25, -0.2) is 4.79 Å². The average Bonchev–Trinajstić information content (AvgIpc) is 2.86. The lowest BCUT2D eigenvalue weighted by molar-refractivity contribution is -0.192. The van der Waals surface area contributed by atoms with Gasteiger partial charge in [0.25, 0.3) is 5.91 Å². The standard InChI is InChI=1S/C23H28N4O3.C2HF3O2/c1-18(28)25-21-9-5-8-20(16-21)23(30)27(13-10-19-6-3-2-4-7-19)17-22(29)26-14-11-24-12-15-26;3-2(4,5)1(6)7/h2-9,16,24H,10-15,17H2,1H3,(H,25,28);(H,6,7). The van der Waals surface area contributed by atoms with E-state index in [9.17, 15) is 27.6 Å². The van der Waals surface area contributed by atoms with Gasteiger partial charge in [0, 0.05) is 50.9 Å². The molecule has 3 N–H and O–H groups in total. The summed E-state index contributed by atoms with van der Waals surface area (Å²) in [6.45, 7) is 4.73. The fourth-order valence-corrected chi connectivity index (χ4v) is 3.45. The first kappa shape index (κ1) is 29.3. The van der Waals surface area contributed by atoms with Crippen LogP contribution in [0.3, 0.4) is 0 Å². The Morgan fingerprint density at radius 1 is 1.03 bits per heavy atom. The van der Waals surface area contributed by atoms with Gasteiger partial charge < -0.3 is 25.5 Å². The van der Waals surface area contributed by atoms with Gasteiger partial charge in [-0.05, 0) is 30.2 Å². The lowest BCUT2D eigenvalue weighted by Crippen LogP contribution is -2.50. The lowest BCUT2D eigenvalue weighted by atomic mass is 10.1. The molecule has 0 saturated carbocycles. The molecule has 1 saturated heterocycles. The van der Waals surface area contributed by atoms with Crippen LogP contribution in [0.15, 0.2) is 54.6 Å². The van der Waals surface area contributed by atoms with Crippen molar-refractivity contribution in [2.24, 2.45) is 0 Å². The predicted molar refractivity (Wildman–Crippen MR) is 130 cm³/mol. The fraction of sp³-hybridized carbons (Fsp3) is 0.360. The molecule has 0 unspecified atom stereocenters. The van der Waals surface area contributed by atoms with Crippen LogP contribution in [0.2, 0.25) is 0 Å². The third-order valence-corrected chi connectivity index (χ3v) is 5.27. The molecule has 1 aliphatic rings. The fourth-order valence-electron chi connectivity index (χ4n) is 3.45. The highest BCUT2D eigenvalue weighted by Gasteiger charge is 2.38. The summed E-state index contributed by atoms with van der Waals surface area (Å²) < 4.78 is 31.7. The van der Waals surface area contributed by atoms with Crippen molar-refractivity contribution in [1.29, 1.82) is 0 Å². The molecule has 37 heavy (non-hydrogen) atoms. The number of piperazine rings is 1. The number of halogens is 3. The Labute approximate surface area is 212 Å². The largest absolute Gasteiger partial charge is 0.490 e. The summed E-state index contributed by atoms with van der Waals surface area (Å²) in [5.74, 6) is -3.22. The van der Waals surface area contributed by atoms with E-state index in [0.29, 0.717) is 37.3 Å². The maximum atomic E-state index is 13.3. The van der Waals surface area contributed by atoms with Gasteiger partial charge >= 0.3 is 12.1 Å². The van der Waals surface area contributed by atoms with Crippen molar-refractivity contribution in [1.82, 2.24) is 15.1 Å². The van der Waals surface area contributed by atoms with Crippen LogP contribution in [0, 0.1) is 0 Å². The molecule has 1 fully saturated rings. The second-order valence-electron chi connectivity index (χ2n) is 8.16. The van der Waals surface area contributed by atoms with Gasteiger partial charge in [0.2, 0.25) is 11.8 Å². The summed E-state index contributed by atoms with van der Waals surface area (Å²) in [7, 11) is 0. The Hall–Kier alpha value is -3.93. The van der Waals surface area contributed by atoms with Gasteiger partial charge in [0.1, 0.15) is 6.54 Å². The molecule has 2 aromatic rings. The molecule has 1 aliphatic heterocycles. The van der Waals surface area contributed by atoms with Gasteiger partial charge in [-0.1, -0.05) is 36.4 Å². The molecule has 0 bridgehead atoms. The van der Waals surface area contributed by atoms with Crippen LogP contribution in [0.1, 0.15) is 22.8 Å². The molecule has 3 amide bonds. The van der Waals surface area contributed by atoms with E-state index in [2.05, 4.69) is 10.6 Å². The van der Waals surface area contributed by atoms with Crippen LogP contribution >= 0.6 is 0 Å². The second-order valence-corrected chi connectivity index (χ2v) is 8.16. The van der Waals surface area contributed by atoms with E-state index < -0.39 is 12.1 Å². The van der Waals surface area contributed by atoms with E-state index in [4.69, 9.17) is 9.90 Å². The minimum Gasteiger partial charge on any atom is -0.475 e. The number of rotatable bonds is 7. The zero-order valence-electron chi connectivity index (χ0n) is 20.3. The van der Waals surface area contributed by atoms with E-state index in [1.165, 1.54) is 6.92 Å². The van der Waals surface area contributed by atoms with Crippen molar-refractivity contribution in [3.05, 3.63) is 65.7 Å². The molecule has 9 nitrogen and oxygen atoms in total. The number of carbonyl (C=O) groups is 4. The van der Waals surface area contributed by atoms with Crippen LogP contribution in [0.5, 0.6) is 0 Å². The zero-order valence-corrected chi connectivity index (χ0v) is 20.3. The van der Waals surface area contributed by atoms with Crippen LogP contribution in [-0.2, 0) is 20.8 Å². The van der Waals surface area contributed by atoms with Crippen LogP contribution in [0.4, 0.5) is 18.9 Å². The minimum absolute atomic E-state index is 0.0377. The molecule has 0 spiro atoms. The van der Waals surface area contributed by atoms with Gasteiger partial charge in [-0.3, -0.25) is 14.4 Å². The van der Waals surface area contributed by atoms with Crippen LogP contribution < -0.4 is 10.6 Å². The molecule has 200 valence electrons. The first-order valence-electron chi connectivity index (χ1n) is 11.5. The monoisotopic (exact) mass is 522 g/mol. The minimum atomic E-state index is -5.08. The number of amides is 3. The number of carboxylic acid groups (broad SMARTS) is 1. The predicted octanol–water partition coefficient (Wildman–Crippen LogP) is 2.39. The van der Waals surface area contributed by atoms with Crippen molar-refractivity contribution in [2.75, 3.05) is 44.6 Å². The molecule has 12 heteroatoms. The van der Waals surface area contributed by atoms with Gasteiger partial charge in [0.05, 0.1) is 0 Å². The Bertz CT molecular complexity index is 1070. The van der Waals surface area contributed by atoms with Crippen molar-refractivity contribution < 1.29 is 37.5 Å². The maximum absolute atomic E-state index is 13.3. The van der Waals surface area contributed by atoms with Crippen LogP contribution in [0.25, 0.3) is 0 Å². The van der Waals surface area contributed by atoms with Crippen molar-refractivity contribution in [2.45, 2.75) is 19.5 Å². The highest BCUT2D eigenvalue weighted by atomic mass is 19.4. The number of hydrogen-bond donors (Lipinski definition) is 3. The van der Waals surface area contributed by atoms with E-state index in [-0.39, 0.29) is 24.3 Å². The summed E-state index contributed by atoms with van der Waals surface area (Å²) in [5.41, 5.74) is 2.11. The molecule has 3 rings (SSSR count). The zero-order chi connectivity index (χ0) is 27.4. The highest BCUT2D eigenvalue weighted by molar-refractivity contribution is 5.98. The topological polar surface area (TPSA) is 119 Å². The Morgan fingerprint density at radius 2 is 1.65 bits per heavy atom. The number of benzene rings is 2. The average molecular weight is 523 g/mol. The summed E-state index contributed by atoms with van der Waals surface area (Å²) in [5, 5.41) is 13.1. The van der Waals surface area contributed by atoms with Crippen molar-refractivity contribution in [3.8, 4) is 0 Å². The molecule has 0 atom stereocenters. The quantitative estimate of drug-likeness (QED) is 0.514. The van der Waals surface area contributed by atoms with Crippen molar-refractivity contribution >= 4 is 29.4 Å². The molecular weight excluding hydrogens is 493 g/mol. The Morgan fingerprint density at radius 3 is 2.22 bits per heavy atom. The van der Waals surface area contributed by atoms with E-state index in [0.717, 1.165) is 18.7 Å². The number of nitrogens with one attached hydrogen (secondary N) is 2. The number of hydrogen-bond acceptors (Lipinski definition) is 5. The second kappa shape index (κ2) is 14.0. The summed E-state index contributed by atoms with van der Waals surface area (Å²) in [4.78, 5) is 49.7. The number of carbonyl (C=O) groups excluding carboxylic acids is 3. The van der Waals surface area contributed by atoms with Crippen molar-refractivity contribution in [3.63, 3.8) is 0 Å². The third-order valence-electron chi connectivity index (χ3n) is 5.27. The van der Waals surface area contributed by atoms with Gasteiger partial charge in [-0.2, -0.15) is 13.2 Å². The molecular formula is C25H29F3N4O5. The molecule has 0 radical (unpaired) electrons. The maximum Gasteiger partial charge on any atom is 0.490 e. The highest BCUT2D eigenvalue weighted by Crippen LogP contribution is 2.15. The molecule has 1 heterocycles. The van der Waals surface area contributed by atoms with Gasteiger partial charge in [0.15, 0.2) is 0 Å². The number of nitrogens with zero attached hydrogens (tertiary/aromatic N) is 2. The third kappa shape index (κ3) is 10.3. The Balaban J connectivity index is 0.000000604. The summed E-state index contributed by atoms with van der Waals surface area (Å²) in [6.07, 6.45) is -4.42. The number of anilines is 1. The van der Waals surface area contributed by atoms with E-state index >= 15 is 0 Å². The molecule has 0 aromatic heterocycles. The number of carboxylic acids is 1. The number of aliphatic carboxylic acids is 1. The lowest BCUT2D eigenvalue weighted by Gasteiger charge is -2.30. The smallest absolute Gasteiger partial charge is 0.475 e. The first-order valence-corrected chi connectivity index (χ1v) is 11.5. The summed E-state index contributed by atoms with van der Waals surface area (Å²) in [6, 6.07) is 16.7. The molecule has 0 aliphatic carbocycles. The Kier molecular flexibility index (Phi) is 11.1. The van der Waals surface area contributed by atoms with E-state index in [1.807, 2.05) is 30.3 Å². The summed E-state index contributed by atoms with van der Waals surface area (Å²) >= 11 is 0.